The standard InChI is InChI=1S/C21H24N2O5/c1-21(2,3)28-19(25)15-9-7-14(8-10-15)12-17(20(26)27-4)23-18(24)16-6-5-11-22-13-16/h5-11,13,17H,12H2,1-4H3,(H,23,24)/t17-/m1/s1. The van der Waals surface area contributed by atoms with Crippen LogP contribution in [0.5, 0.6) is 0 Å². The number of rotatable bonds is 6. The van der Waals surface area contributed by atoms with Crippen molar-refractivity contribution in [3.05, 3.63) is 65.5 Å². The van der Waals surface area contributed by atoms with Crippen LogP contribution < -0.4 is 5.32 Å². The number of esters is 2. The first kappa shape index (κ1) is 21.1. The highest BCUT2D eigenvalue weighted by Gasteiger charge is 2.23. The highest BCUT2D eigenvalue weighted by molar-refractivity contribution is 5.96. The van der Waals surface area contributed by atoms with E-state index in [-0.39, 0.29) is 6.42 Å². The molecular formula is C21H24N2O5. The lowest BCUT2D eigenvalue weighted by Gasteiger charge is -2.20. The number of hydrogen-bond acceptors (Lipinski definition) is 6. The Morgan fingerprint density at radius 3 is 2.29 bits per heavy atom. The number of nitrogens with one attached hydrogen (secondary N) is 1. The Morgan fingerprint density at radius 1 is 1.07 bits per heavy atom. The third kappa shape index (κ3) is 6.19. The van der Waals surface area contributed by atoms with Crippen molar-refractivity contribution in [1.29, 1.82) is 0 Å². The van der Waals surface area contributed by atoms with Gasteiger partial charge in [-0.05, 0) is 50.6 Å². The molecule has 28 heavy (non-hydrogen) atoms. The Kier molecular flexibility index (Phi) is 6.87. The molecule has 0 aliphatic heterocycles. The molecule has 2 rings (SSSR count). The summed E-state index contributed by atoms with van der Waals surface area (Å²) in [6.07, 6.45) is 3.19. The van der Waals surface area contributed by atoms with Crippen LogP contribution in [0.1, 0.15) is 47.1 Å². The Hall–Kier alpha value is -3.22. The van der Waals surface area contributed by atoms with Crippen molar-refractivity contribution in [3.8, 4) is 0 Å². The van der Waals surface area contributed by atoms with E-state index in [4.69, 9.17) is 9.47 Å². The van der Waals surface area contributed by atoms with Gasteiger partial charge in [0, 0.05) is 18.8 Å². The number of carbonyl (C=O) groups is 3. The highest BCUT2D eigenvalue weighted by Crippen LogP contribution is 2.14. The van der Waals surface area contributed by atoms with Crippen LogP contribution >= 0.6 is 0 Å². The van der Waals surface area contributed by atoms with E-state index < -0.39 is 29.5 Å². The molecule has 1 N–H and O–H groups in total. The highest BCUT2D eigenvalue weighted by atomic mass is 16.6. The van der Waals surface area contributed by atoms with E-state index in [2.05, 4.69) is 10.3 Å². The molecule has 1 amide bonds. The summed E-state index contributed by atoms with van der Waals surface area (Å²) < 4.78 is 10.1. The molecule has 1 atom stereocenters. The van der Waals surface area contributed by atoms with E-state index in [9.17, 15) is 14.4 Å². The molecule has 0 spiro atoms. The summed E-state index contributed by atoms with van der Waals surface area (Å²) >= 11 is 0. The maximum Gasteiger partial charge on any atom is 0.338 e. The van der Waals surface area contributed by atoms with Crippen LogP contribution in [-0.2, 0) is 20.7 Å². The molecule has 0 fully saturated rings. The van der Waals surface area contributed by atoms with Crippen molar-refractivity contribution in [3.63, 3.8) is 0 Å². The van der Waals surface area contributed by atoms with Gasteiger partial charge in [-0.1, -0.05) is 12.1 Å². The van der Waals surface area contributed by atoms with Crippen LogP contribution in [0.3, 0.4) is 0 Å². The maximum atomic E-state index is 12.3. The molecule has 0 aliphatic rings. The molecule has 0 saturated carbocycles. The minimum Gasteiger partial charge on any atom is -0.467 e. The van der Waals surface area contributed by atoms with Crippen molar-refractivity contribution in [2.75, 3.05) is 7.11 Å². The van der Waals surface area contributed by atoms with E-state index in [1.807, 2.05) is 0 Å². The summed E-state index contributed by atoms with van der Waals surface area (Å²) in [7, 11) is 1.26. The average molecular weight is 384 g/mol. The second kappa shape index (κ2) is 9.12. The fourth-order valence-corrected chi connectivity index (χ4v) is 2.42. The number of benzene rings is 1. The van der Waals surface area contributed by atoms with E-state index in [0.29, 0.717) is 11.1 Å². The Balaban J connectivity index is 2.09. The number of nitrogens with zero attached hydrogens (tertiary/aromatic N) is 1. The van der Waals surface area contributed by atoms with E-state index >= 15 is 0 Å². The predicted octanol–water partition coefficient (Wildman–Crippen LogP) is 2.55. The quantitative estimate of drug-likeness (QED) is 0.769. The SMILES string of the molecule is COC(=O)[C@@H](Cc1ccc(C(=O)OC(C)(C)C)cc1)NC(=O)c1cccnc1. The molecule has 148 valence electrons. The molecule has 1 aromatic carbocycles. The summed E-state index contributed by atoms with van der Waals surface area (Å²) in [5.74, 6) is -1.41. The summed E-state index contributed by atoms with van der Waals surface area (Å²) in [5.41, 5.74) is 0.932. The molecule has 1 aromatic heterocycles. The Labute approximate surface area is 164 Å². The van der Waals surface area contributed by atoms with Crippen molar-refractivity contribution < 1.29 is 23.9 Å². The molecule has 7 heteroatoms. The second-order valence-electron chi connectivity index (χ2n) is 7.19. The average Bonchev–Trinajstić information content (AvgIpc) is 2.66. The molecule has 0 saturated heterocycles. The van der Waals surface area contributed by atoms with Gasteiger partial charge in [0.15, 0.2) is 0 Å². The maximum absolute atomic E-state index is 12.3. The fraction of sp³-hybridized carbons (Fsp3) is 0.333. The van der Waals surface area contributed by atoms with Crippen LogP contribution in [-0.4, -0.2) is 41.6 Å². The number of amides is 1. The van der Waals surface area contributed by atoms with Gasteiger partial charge < -0.3 is 14.8 Å². The topological polar surface area (TPSA) is 94.6 Å². The van der Waals surface area contributed by atoms with Gasteiger partial charge in [-0.2, -0.15) is 0 Å². The van der Waals surface area contributed by atoms with Crippen molar-refractivity contribution in [2.24, 2.45) is 0 Å². The first-order valence-electron chi connectivity index (χ1n) is 8.80. The lowest BCUT2D eigenvalue weighted by Crippen LogP contribution is -2.43. The fourth-order valence-electron chi connectivity index (χ4n) is 2.42. The third-order valence-electron chi connectivity index (χ3n) is 3.74. The van der Waals surface area contributed by atoms with Gasteiger partial charge in [0.2, 0.25) is 0 Å². The molecule has 0 aliphatic carbocycles. The summed E-state index contributed by atoms with van der Waals surface area (Å²) in [6, 6.07) is 9.05. The smallest absolute Gasteiger partial charge is 0.338 e. The zero-order chi connectivity index (χ0) is 20.7. The van der Waals surface area contributed by atoms with Gasteiger partial charge in [-0.15, -0.1) is 0 Å². The Morgan fingerprint density at radius 2 is 1.75 bits per heavy atom. The summed E-state index contributed by atoms with van der Waals surface area (Å²) in [5, 5.41) is 2.66. The summed E-state index contributed by atoms with van der Waals surface area (Å²) in [4.78, 5) is 40.4. The van der Waals surface area contributed by atoms with Crippen LogP contribution in [0, 0.1) is 0 Å². The first-order valence-corrected chi connectivity index (χ1v) is 8.80. The molecule has 0 unspecified atom stereocenters. The van der Waals surface area contributed by atoms with Crippen LogP contribution in [0.15, 0.2) is 48.8 Å². The van der Waals surface area contributed by atoms with Gasteiger partial charge in [0.1, 0.15) is 11.6 Å². The minimum absolute atomic E-state index is 0.216. The van der Waals surface area contributed by atoms with Gasteiger partial charge in [0.05, 0.1) is 18.2 Å². The molecule has 0 radical (unpaired) electrons. The van der Waals surface area contributed by atoms with E-state index in [0.717, 1.165) is 5.56 Å². The molecular weight excluding hydrogens is 360 g/mol. The Bertz CT molecular complexity index is 826. The van der Waals surface area contributed by atoms with Crippen molar-refractivity contribution in [2.45, 2.75) is 38.8 Å². The zero-order valence-corrected chi connectivity index (χ0v) is 16.4. The lowest BCUT2D eigenvalue weighted by atomic mass is 10.0. The third-order valence-corrected chi connectivity index (χ3v) is 3.74. The second-order valence-corrected chi connectivity index (χ2v) is 7.19. The summed E-state index contributed by atoms with van der Waals surface area (Å²) in [6.45, 7) is 5.39. The number of methoxy groups -OCH3 is 1. The van der Waals surface area contributed by atoms with Crippen LogP contribution in [0.4, 0.5) is 0 Å². The lowest BCUT2D eigenvalue weighted by molar-refractivity contribution is -0.142. The van der Waals surface area contributed by atoms with E-state index in [1.165, 1.54) is 13.3 Å². The number of carbonyl (C=O) groups excluding carboxylic acids is 3. The molecule has 2 aromatic rings. The van der Waals surface area contributed by atoms with Gasteiger partial charge >= 0.3 is 11.9 Å². The van der Waals surface area contributed by atoms with Crippen molar-refractivity contribution >= 4 is 17.8 Å². The largest absolute Gasteiger partial charge is 0.467 e. The molecule has 1 heterocycles. The molecule has 0 bridgehead atoms. The van der Waals surface area contributed by atoms with Crippen molar-refractivity contribution in [1.82, 2.24) is 10.3 Å². The number of aromatic nitrogens is 1. The minimum atomic E-state index is -0.870. The van der Waals surface area contributed by atoms with Crippen LogP contribution in [0.25, 0.3) is 0 Å². The number of hydrogen-bond donors (Lipinski definition) is 1. The monoisotopic (exact) mass is 384 g/mol. The number of pyridine rings is 1. The van der Waals surface area contributed by atoms with Gasteiger partial charge in [-0.3, -0.25) is 9.78 Å². The van der Waals surface area contributed by atoms with Gasteiger partial charge in [0.25, 0.3) is 5.91 Å². The number of ether oxygens (including phenoxy) is 2. The zero-order valence-electron chi connectivity index (χ0n) is 16.4. The van der Waals surface area contributed by atoms with Crippen LogP contribution in [0.2, 0.25) is 0 Å². The molecule has 7 nitrogen and oxygen atoms in total. The normalized spacial score (nSPS) is 12.0. The first-order chi connectivity index (χ1) is 13.2. The van der Waals surface area contributed by atoms with Gasteiger partial charge in [-0.25, -0.2) is 9.59 Å². The van der Waals surface area contributed by atoms with E-state index in [1.54, 1.807) is 63.4 Å². The predicted molar refractivity (Wildman–Crippen MR) is 103 cm³/mol.